The summed E-state index contributed by atoms with van der Waals surface area (Å²) in [5.41, 5.74) is 6.30. The number of ether oxygens (including phenoxy) is 3. The molecule has 0 saturated carbocycles. The Kier molecular flexibility index (Phi) is 3.85. The van der Waals surface area contributed by atoms with Crippen LogP contribution in [0.25, 0.3) is 0 Å². The van der Waals surface area contributed by atoms with Gasteiger partial charge in [-0.05, 0) is 32.0 Å². The van der Waals surface area contributed by atoms with Crippen molar-refractivity contribution in [1.82, 2.24) is 0 Å². The molecule has 1 aromatic carbocycles. The van der Waals surface area contributed by atoms with Crippen LogP contribution in [0.1, 0.15) is 19.4 Å². The van der Waals surface area contributed by atoms with E-state index in [1.165, 1.54) is 6.07 Å². The first-order chi connectivity index (χ1) is 8.55. The Balaban J connectivity index is 2.20. The number of halogens is 1. The minimum Gasteiger partial charge on any atom is -0.491 e. The van der Waals surface area contributed by atoms with Gasteiger partial charge < -0.3 is 19.9 Å². The van der Waals surface area contributed by atoms with Gasteiger partial charge in [0.2, 0.25) is 0 Å². The highest BCUT2D eigenvalue weighted by atomic mass is 19.1. The number of rotatable bonds is 3. The zero-order valence-electron chi connectivity index (χ0n) is 10.6. The summed E-state index contributed by atoms with van der Waals surface area (Å²) in [5, 5.41) is 0. The molecule has 4 nitrogen and oxygen atoms in total. The van der Waals surface area contributed by atoms with Crippen LogP contribution >= 0.6 is 0 Å². The van der Waals surface area contributed by atoms with E-state index < -0.39 is 11.6 Å². The van der Waals surface area contributed by atoms with Gasteiger partial charge >= 0.3 is 0 Å². The van der Waals surface area contributed by atoms with Crippen LogP contribution in [0.5, 0.6) is 5.75 Å². The molecule has 0 atom stereocenters. The highest BCUT2D eigenvalue weighted by Gasteiger charge is 2.34. The normalized spacial score (nSPS) is 28.1. The van der Waals surface area contributed by atoms with Crippen molar-refractivity contribution >= 4 is 0 Å². The van der Waals surface area contributed by atoms with Crippen molar-refractivity contribution in [2.24, 2.45) is 5.73 Å². The Hall–Kier alpha value is -1.17. The van der Waals surface area contributed by atoms with Gasteiger partial charge in [0.05, 0.1) is 25.9 Å². The van der Waals surface area contributed by atoms with Gasteiger partial charge in [0.15, 0.2) is 17.4 Å². The second kappa shape index (κ2) is 5.22. The van der Waals surface area contributed by atoms with E-state index in [1.54, 1.807) is 19.1 Å². The number of hydrogen-bond donors (Lipinski definition) is 1. The second-order valence-electron chi connectivity index (χ2n) is 4.41. The molecule has 5 heteroatoms. The van der Waals surface area contributed by atoms with Crippen LogP contribution in [-0.2, 0) is 15.3 Å². The lowest BCUT2D eigenvalue weighted by atomic mass is 10.1. The van der Waals surface area contributed by atoms with E-state index in [9.17, 15) is 4.39 Å². The molecule has 0 aliphatic carbocycles. The van der Waals surface area contributed by atoms with Crippen LogP contribution in [0.3, 0.4) is 0 Å². The minimum absolute atomic E-state index is 0.134. The molecule has 1 aromatic rings. The minimum atomic E-state index is -0.943. The lowest BCUT2D eigenvalue weighted by molar-refractivity contribution is -0.270. The summed E-state index contributed by atoms with van der Waals surface area (Å²) < 4.78 is 30.1. The van der Waals surface area contributed by atoms with Crippen molar-refractivity contribution in [2.75, 3.05) is 19.8 Å². The highest BCUT2D eigenvalue weighted by Crippen LogP contribution is 2.32. The van der Waals surface area contributed by atoms with Gasteiger partial charge in [-0.1, -0.05) is 0 Å². The molecule has 1 fully saturated rings. The molecular formula is C13H18FNO3. The standard InChI is InChI=1S/C13H18FNO3/c1-3-16-12-5-4-9(6-11(12)14)13(2)17-7-10(15)8-18-13/h4-6,10H,3,7-8,15H2,1-2H3. The summed E-state index contributed by atoms with van der Waals surface area (Å²) in [6.07, 6.45) is 0. The molecule has 2 rings (SSSR count). The van der Waals surface area contributed by atoms with E-state index in [2.05, 4.69) is 0 Å². The molecular weight excluding hydrogens is 237 g/mol. The summed E-state index contributed by atoms with van der Waals surface area (Å²) >= 11 is 0. The van der Waals surface area contributed by atoms with Crippen molar-refractivity contribution in [3.05, 3.63) is 29.6 Å². The van der Waals surface area contributed by atoms with Crippen LogP contribution in [0.4, 0.5) is 4.39 Å². The third-order valence-electron chi connectivity index (χ3n) is 2.90. The lowest BCUT2D eigenvalue weighted by Crippen LogP contribution is -2.46. The molecule has 0 amide bonds. The van der Waals surface area contributed by atoms with Crippen molar-refractivity contribution in [3.8, 4) is 5.75 Å². The van der Waals surface area contributed by atoms with Crippen LogP contribution in [0.2, 0.25) is 0 Å². The second-order valence-corrected chi connectivity index (χ2v) is 4.41. The molecule has 0 spiro atoms. The van der Waals surface area contributed by atoms with Crippen molar-refractivity contribution in [3.63, 3.8) is 0 Å². The summed E-state index contributed by atoms with van der Waals surface area (Å²) in [5.74, 6) is -1.13. The lowest BCUT2D eigenvalue weighted by Gasteiger charge is -2.36. The molecule has 0 bridgehead atoms. The quantitative estimate of drug-likeness (QED) is 0.894. The van der Waals surface area contributed by atoms with E-state index in [-0.39, 0.29) is 11.8 Å². The fraction of sp³-hybridized carbons (Fsp3) is 0.538. The van der Waals surface area contributed by atoms with Crippen molar-refractivity contribution < 1.29 is 18.6 Å². The number of nitrogens with two attached hydrogens (primary N) is 1. The molecule has 1 aliphatic rings. The average Bonchev–Trinajstić information content (AvgIpc) is 2.36. The van der Waals surface area contributed by atoms with Crippen LogP contribution in [0, 0.1) is 5.82 Å². The molecule has 2 N–H and O–H groups in total. The van der Waals surface area contributed by atoms with Gasteiger partial charge in [-0.3, -0.25) is 0 Å². The molecule has 0 radical (unpaired) electrons. The monoisotopic (exact) mass is 255 g/mol. The molecule has 1 heterocycles. The maximum absolute atomic E-state index is 13.8. The SMILES string of the molecule is CCOc1ccc(C2(C)OCC(N)CO2)cc1F. The van der Waals surface area contributed by atoms with Crippen LogP contribution in [-0.4, -0.2) is 25.9 Å². The first-order valence-electron chi connectivity index (χ1n) is 6.01. The molecule has 1 aliphatic heterocycles. The average molecular weight is 255 g/mol. The van der Waals surface area contributed by atoms with Crippen LogP contribution in [0.15, 0.2) is 18.2 Å². The first-order valence-corrected chi connectivity index (χ1v) is 6.01. The van der Waals surface area contributed by atoms with Gasteiger partial charge in [0, 0.05) is 5.56 Å². The fourth-order valence-corrected chi connectivity index (χ4v) is 1.84. The largest absolute Gasteiger partial charge is 0.491 e. The van der Waals surface area contributed by atoms with E-state index in [0.717, 1.165) is 0 Å². The smallest absolute Gasteiger partial charge is 0.192 e. The van der Waals surface area contributed by atoms with Gasteiger partial charge in [-0.2, -0.15) is 0 Å². The van der Waals surface area contributed by atoms with Crippen molar-refractivity contribution in [2.45, 2.75) is 25.7 Å². The van der Waals surface area contributed by atoms with E-state index in [4.69, 9.17) is 19.9 Å². The zero-order chi connectivity index (χ0) is 13.2. The van der Waals surface area contributed by atoms with Gasteiger partial charge in [0.25, 0.3) is 0 Å². The molecule has 18 heavy (non-hydrogen) atoms. The Morgan fingerprint density at radius 2 is 2.11 bits per heavy atom. The van der Waals surface area contributed by atoms with E-state index in [1.807, 2.05) is 6.92 Å². The van der Waals surface area contributed by atoms with Crippen molar-refractivity contribution in [1.29, 1.82) is 0 Å². The molecule has 0 unspecified atom stereocenters. The predicted molar refractivity (Wildman–Crippen MR) is 64.8 cm³/mol. The Morgan fingerprint density at radius 1 is 1.44 bits per heavy atom. The maximum atomic E-state index is 13.8. The maximum Gasteiger partial charge on any atom is 0.192 e. The number of hydrogen-bond acceptors (Lipinski definition) is 4. The zero-order valence-corrected chi connectivity index (χ0v) is 10.6. The van der Waals surface area contributed by atoms with Gasteiger partial charge in [0.1, 0.15) is 0 Å². The van der Waals surface area contributed by atoms with E-state index >= 15 is 0 Å². The Morgan fingerprint density at radius 3 is 2.67 bits per heavy atom. The third kappa shape index (κ3) is 2.63. The number of benzene rings is 1. The Labute approximate surface area is 106 Å². The summed E-state index contributed by atoms with van der Waals surface area (Å²) in [4.78, 5) is 0. The Bertz CT molecular complexity index is 417. The highest BCUT2D eigenvalue weighted by molar-refractivity contribution is 5.31. The topological polar surface area (TPSA) is 53.7 Å². The first kappa shape index (κ1) is 13.3. The summed E-state index contributed by atoms with van der Waals surface area (Å²) in [6.45, 7) is 4.78. The molecule has 1 saturated heterocycles. The predicted octanol–water partition coefficient (Wildman–Crippen LogP) is 1.77. The molecule has 0 aromatic heterocycles. The van der Waals surface area contributed by atoms with Gasteiger partial charge in [-0.15, -0.1) is 0 Å². The third-order valence-corrected chi connectivity index (χ3v) is 2.90. The van der Waals surface area contributed by atoms with Crippen LogP contribution < -0.4 is 10.5 Å². The molecule has 100 valence electrons. The van der Waals surface area contributed by atoms with E-state index in [0.29, 0.717) is 25.4 Å². The van der Waals surface area contributed by atoms with Gasteiger partial charge in [-0.25, -0.2) is 4.39 Å². The summed E-state index contributed by atoms with van der Waals surface area (Å²) in [7, 11) is 0. The fourth-order valence-electron chi connectivity index (χ4n) is 1.84. The summed E-state index contributed by atoms with van der Waals surface area (Å²) in [6, 6.07) is 4.57.